The number of hydrogen-bond donors (Lipinski definition) is 1. The zero-order valence-corrected chi connectivity index (χ0v) is 10.6. The largest absolute Gasteiger partial charge is 0.353 e. The Bertz CT molecular complexity index is 622. The third-order valence-electron chi connectivity index (χ3n) is 2.97. The third-order valence-corrected chi connectivity index (χ3v) is 2.97. The van der Waals surface area contributed by atoms with Gasteiger partial charge in [-0.3, -0.25) is 9.59 Å². The first-order valence-electron chi connectivity index (χ1n) is 6.11. The summed E-state index contributed by atoms with van der Waals surface area (Å²) in [6.45, 7) is 1.08. The van der Waals surface area contributed by atoms with Crippen LogP contribution in [0.3, 0.4) is 0 Å². The Kier molecular flexibility index (Phi) is 3.12. The fraction of sp³-hybridized carbons (Fsp3) is 0.250. The van der Waals surface area contributed by atoms with Gasteiger partial charge >= 0.3 is 0 Å². The van der Waals surface area contributed by atoms with Crippen molar-refractivity contribution >= 4 is 11.8 Å². The number of rotatable bonds is 2. The molecule has 0 radical (unpaired) electrons. The van der Waals surface area contributed by atoms with E-state index in [2.05, 4.69) is 20.4 Å². The van der Waals surface area contributed by atoms with Crippen molar-refractivity contribution in [3.8, 4) is 5.82 Å². The molecule has 8 nitrogen and oxygen atoms in total. The van der Waals surface area contributed by atoms with E-state index in [1.54, 1.807) is 12.1 Å². The number of amides is 2. The van der Waals surface area contributed by atoms with Crippen LogP contribution in [0.5, 0.6) is 0 Å². The number of hydrogen-bond acceptors (Lipinski definition) is 5. The highest BCUT2D eigenvalue weighted by Gasteiger charge is 2.22. The zero-order chi connectivity index (χ0) is 13.9. The quantitative estimate of drug-likeness (QED) is 0.775. The number of nitrogens with zero attached hydrogens (tertiary/aromatic N) is 5. The number of piperazine rings is 1. The minimum absolute atomic E-state index is 0.0870. The maximum atomic E-state index is 12.2. The van der Waals surface area contributed by atoms with E-state index in [0.717, 1.165) is 0 Å². The predicted octanol–water partition coefficient (Wildman–Crippen LogP) is -0.766. The molecule has 2 amide bonds. The molecule has 1 aliphatic rings. The molecule has 1 aliphatic heterocycles. The minimum atomic E-state index is -0.197. The van der Waals surface area contributed by atoms with Crippen LogP contribution in [0.25, 0.3) is 5.82 Å². The van der Waals surface area contributed by atoms with Gasteiger partial charge in [0.15, 0.2) is 5.82 Å². The highest BCUT2D eigenvalue weighted by Crippen LogP contribution is 2.08. The topological polar surface area (TPSA) is 93.0 Å². The molecule has 102 valence electrons. The molecule has 2 aromatic rings. The molecule has 0 aromatic carbocycles. The van der Waals surface area contributed by atoms with E-state index in [1.807, 2.05) is 0 Å². The Morgan fingerprint density at radius 3 is 2.90 bits per heavy atom. The van der Waals surface area contributed by atoms with E-state index >= 15 is 0 Å². The first-order chi connectivity index (χ1) is 9.74. The summed E-state index contributed by atoms with van der Waals surface area (Å²) in [5, 5.41) is 6.63. The van der Waals surface area contributed by atoms with Crippen LogP contribution >= 0.6 is 0 Å². The van der Waals surface area contributed by atoms with Crippen LogP contribution in [-0.2, 0) is 4.79 Å². The molecule has 1 N–H and O–H groups in total. The number of carbonyl (C=O) groups is 2. The average molecular weight is 272 g/mol. The zero-order valence-electron chi connectivity index (χ0n) is 10.6. The predicted molar refractivity (Wildman–Crippen MR) is 68.1 cm³/mol. The molecule has 2 aromatic heterocycles. The Morgan fingerprint density at radius 1 is 1.35 bits per heavy atom. The molecule has 1 fully saturated rings. The Balaban J connectivity index is 1.77. The first-order valence-corrected chi connectivity index (χ1v) is 6.11. The van der Waals surface area contributed by atoms with E-state index in [0.29, 0.717) is 24.5 Å². The smallest absolute Gasteiger partial charge is 0.255 e. The molecule has 20 heavy (non-hydrogen) atoms. The summed E-state index contributed by atoms with van der Waals surface area (Å²) in [5.74, 6) is 0.240. The Labute approximate surface area is 114 Å². The second-order valence-electron chi connectivity index (χ2n) is 4.32. The van der Waals surface area contributed by atoms with Gasteiger partial charge in [0.1, 0.15) is 12.7 Å². The number of nitrogens with one attached hydrogen (secondary N) is 1. The maximum Gasteiger partial charge on any atom is 0.255 e. The van der Waals surface area contributed by atoms with Crippen LogP contribution in [0.4, 0.5) is 0 Å². The first kappa shape index (κ1) is 12.3. The lowest BCUT2D eigenvalue weighted by Crippen LogP contribution is -2.49. The van der Waals surface area contributed by atoms with E-state index in [4.69, 9.17) is 0 Å². The number of pyridine rings is 1. The molecule has 0 aliphatic carbocycles. The van der Waals surface area contributed by atoms with Gasteiger partial charge in [0.25, 0.3) is 5.91 Å². The molecule has 0 bridgehead atoms. The van der Waals surface area contributed by atoms with E-state index in [9.17, 15) is 9.59 Å². The van der Waals surface area contributed by atoms with Crippen LogP contribution < -0.4 is 5.32 Å². The van der Waals surface area contributed by atoms with Crippen LogP contribution in [0.2, 0.25) is 0 Å². The summed E-state index contributed by atoms with van der Waals surface area (Å²) in [7, 11) is 0. The van der Waals surface area contributed by atoms with Gasteiger partial charge < -0.3 is 10.2 Å². The molecule has 3 rings (SSSR count). The minimum Gasteiger partial charge on any atom is -0.353 e. The summed E-state index contributed by atoms with van der Waals surface area (Å²) in [5.41, 5.74) is 0.448. The SMILES string of the molecule is O=C1CN(C(=O)c2ccc(-n3cncn3)nc2)CCN1. The summed E-state index contributed by atoms with van der Waals surface area (Å²) in [4.78, 5) is 33.0. The Hall–Kier alpha value is -2.77. The van der Waals surface area contributed by atoms with Gasteiger partial charge in [0, 0.05) is 19.3 Å². The lowest BCUT2D eigenvalue weighted by molar-refractivity contribution is -0.123. The lowest BCUT2D eigenvalue weighted by Gasteiger charge is -2.26. The second-order valence-corrected chi connectivity index (χ2v) is 4.32. The molecule has 0 spiro atoms. The van der Waals surface area contributed by atoms with Gasteiger partial charge in [-0.25, -0.2) is 14.6 Å². The van der Waals surface area contributed by atoms with Crippen molar-refractivity contribution in [2.45, 2.75) is 0 Å². The molecular weight excluding hydrogens is 260 g/mol. The third kappa shape index (κ3) is 2.35. The molecule has 3 heterocycles. The second kappa shape index (κ2) is 5.08. The van der Waals surface area contributed by atoms with E-state index in [-0.39, 0.29) is 18.4 Å². The van der Waals surface area contributed by atoms with Crippen LogP contribution in [0.15, 0.2) is 31.0 Å². The molecule has 1 saturated heterocycles. The summed E-state index contributed by atoms with van der Waals surface area (Å²) in [6, 6.07) is 3.35. The van der Waals surface area contributed by atoms with Gasteiger partial charge in [0.05, 0.1) is 12.1 Å². The highest BCUT2D eigenvalue weighted by molar-refractivity contribution is 5.96. The van der Waals surface area contributed by atoms with E-state index in [1.165, 1.54) is 28.4 Å². The van der Waals surface area contributed by atoms with Gasteiger partial charge in [-0.05, 0) is 12.1 Å². The molecule has 0 saturated carbocycles. The summed E-state index contributed by atoms with van der Waals surface area (Å²) >= 11 is 0. The standard InChI is InChI=1S/C12H12N6O2/c19-11-6-17(4-3-14-11)12(20)9-1-2-10(15-5-9)18-8-13-7-16-18/h1-2,5,7-8H,3-4,6H2,(H,14,19). The summed E-state index contributed by atoms with van der Waals surface area (Å²) < 4.78 is 1.50. The number of carbonyl (C=O) groups excluding carboxylic acids is 2. The normalized spacial score (nSPS) is 15.0. The van der Waals surface area contributed by atoms with Crippen molar-refractivity contribution in [1.29, 1.82) is 0 Å². The maximum absolute atomic E-state index is 12.2. The fourth-order valence-corrected chi connectivity index (χ4v) is 1.97. The molecule has 0 atom stereocenters. The fourth-order valence-electron chi connectivity index (χ4n) is 1.97. The molecule has 8 heteroatoms. The van der Waals surface area contributed by atoms with Gasteiger partial charge in [-0.2, -0.15) is 5.10 Å². The average Bonchev–Trinajstić information content (AvgIpc) is 3.01. The van der Waals surface area contributed by atoms with Crippen molar-refractivity contribution in [2.24, 2.45) is 0 Å². The molecular formula is C12H12N6O2. The van der Waals surface area contributed by atoms with Crippen molar-refractivity contribution in [2.75, 3.05) is 19.6 Å². The monoisotopic (exact) mass is 272 g/mol. The Morgan fingerprint density at radius 2 is 2.25 bits per heavy atom. The van der Waals surface area contributed by atoms with E-state index < -0.39 is 0 Å². The van der Waals surface area contributed by atoms with Crippen LogP contribution in [0.1, 0.15) is 10.4 Å². The number of aromatic nitrogens is 4. The van der Waals surface area contributed by atoms with Crippen molar-refractivity contribution in [3.05, 3.63) is 36.5 Å². The van der Waals surface area contributed by atoms with Gasteiger partial charge in [-0.1, -0.05) is 0 Å². The van der Waals surface area contributed by atoms with Gasteiger partial charge in [0.2, 0.25) is 5.91 Å². The lowest BCUT2D eigenvalue weighted by atomic mass is 10.2. The van der Waals surface area contributed by atoms with Crippen LogP contribution in [0, 0.1) is 0 Å². The van der Waals surface area contributed by atoms with Crippen molar-refractivity contribution in [3.63, 3.8) is 0 Å². The summed E-state index contributed by atoms with van der Waals surface area (Å²) in [6.07, 6.45) is 4.41. The van der Waals surface area contributed by atoms with Crippen molar-refractivity contribution in [1.82, 2.24) is 30.0 Å². The molecule has 0 unspecified atom stereocenters. The van der Waals surface area contributed by atoms with Crippen LogP contribution in [-0.4, -0.2) is 56.1 Å². The highest BCUT2D eigenvalue weighted by atomic mass is 16.2. The van der Waals surface area contributed by atoms with Gasteiger partial charge in [-0.15, -0.1) is 0 Å². The van der Waals surface area contributed by atoms with Crippen molar-refractivity contribution < 1.29 is 9.59 Å².